The van der Waals surface area contributed by atoms with Crippen molar-refractivity contribution < 1.29 is 13.6 Å². The summed E-state index contributed by atoms with van der Waals surface area (Å²) in [4.78, 5) is 18.4. The number of aromatic nitrogens is 1. The summed E-state index contributed by atoms with van der Waals surface area (Å²) in [6.07, 6.45) is 3.22. The van der Waals surface area contributed by atoms with Gasteiger partial charge in [-0.25, -0.2) is 4.39 Å². The second-order valence-electron chi connectivity index (χ2n) is 7.40. The van der Waals surface area contributed by atoms with Crippen molar-refractivity contribution in [3.05, 3.63) is 95.3 Å². The maximum absolute atomic E-state index is 14.8. The van der Waals surface area contributed by atoms with Gasteiger partial charge in [0.2, 0.25) is 5.91 Å². The number of H-pyrrole nitrogens is 1. The number of nitrogens with zero attached hydrogens (tertiary/aromatic N) is 1. The average molecular weight is 388 g/mol. The van der Waals surface area contributed by atoms with E-state index in [-0.39, 0.29) is 11.7 Å². The number of carbonyl (C=O) groups excluding carboxylic acids is 1. The highest BCUT2D eigenvalue weighted by molar-refractivity contribution is 5.86. The van der Waals surface area contributed by atoms with Crippen LogP contribution in [-0.2, 0) is 17.6 Å². The lowest BCUT2D eigenvalue weighted by Gasteiger charge is -2.36. The maximum Gasteiger partial charge on any atom is 0.223 e. The first-order valence-corrected chi connectivity index (χ1v) is 9.88. The molecule has 0 spiro atoms. The van der Waals surface area contributed by atoms with Crippen molar-refractivity contribution in [2.45, 2.75) is 25.3 Å². The van der Waals surface area contributed by atoms with E-state index in [0.29, 0.717) is 24.9 Å². The van der Waals surface area contributed by atoms with Crippen molar-refractivity contribution in [1.29, 1.82) is 0 Å². The van der Waals surface area contributed by atoms with Crippen molar-refractivity contribution in [2.75, 3.05) is 6.54 Å². The molecule has 4 nitrogen and oxygen atoms in total. The second-order valence-corrected chi connectivity index (χ2v) is 7.40. The number of amides is 1. The minimum absolute atomic E-state index is 0.000964. The number of para-hydroxylation sites is 1. The predicted octanol–water partition coefficient (Wildman–Crippen LogP) is 5.01. The molecule has 0 aliphatic carbocycles. The molecule has 0 bridgehead atoms. The Morgan fingerprint density at radius 3 is 2.76 bits per heavy atom. The number of fused-ring (bicyclic) bond motifs is 3. The van der Waals surface area contributed by atoms with Gasteiger partial charge in [-0.15, -0.1) is 0 Å². The van der Waals surface area contributed by atoms with Crippen molar-refractivity contribution in [2.24, 2.45) is 0 Å². The molecule has 0 radical (unpaired) electrons. The Labute approximate surface area is 168 Å². The molecule has 2 aromatic heterocycles. The van der Waals surface area contributed by atoms with Gasteiger partial charge >= 0.3 is 0 Å². The van der Waals surface area contributed by atoms with E-state index in [9.17, 15) is 9.18 Å². The quantitative estimate of drug-likeness (QED) is 0.534. The number of aromatic amines is 1. The molecule has 0 saturated heterocycles. The fourth-order valence-electron chi connectivity index (χ4n) is 4.36. The number of nitrogens with one attached hydrogen (secondary N) is 1. The zero-order valence-electron chi connectivity index (χ0n) is 15.9. The van der Waals surface area contributed by atoms with Crippen molar-refractivity contribution >= 4 is 16.8 Å². The number of furan rings is 1. The summed E-state index contributed by atoms with van der Waals surface area (Å²) in [5.41, 5.74) is 3.62. The number of rotatable bonds is 4. The minimum atomic E-state index is -0.462. The maximum atomic E-state index is 14.8. The van der Waals surface area contributed by atoms with Crippen LogP contribution in [0.1, 0.15) is 35.0 Å². The molecule has 29 heavy (non-hydrogen) atoms. The monoisotopic (exact) mass is 388 g/mol. The average Bonchev–Trinajstić information content (AvgIpc) is 3.39. The molecule has 1 aliphatic heterocycles. The van der Waals surface area contributed by atoms with Crippen molar-refractivity contribution in [1.82, 2.24) is 9.88 Å². The zero-order chi connectivity index (χ0) is 19.8. The van der Waals surface area contributed by atoms with Crippen LogP contribution in [0.2, 0.25) is 0 Å². The summed E-state index contributed by atoms with van der Waals surface area (Å²) in [6, 6.07) is 18.0. The summed E-state index contributed by atoms with van der Waals surface area (Å²) in [7, 11) is 0. The molecular formula is C24H21FN2O2. The first-order valence-electron chi connectivity index (χ1n) is 9.88. The number of hydrogen-bond acceptors (Lipinski definition) is 2. The Hall–Kier alpha value is -3.34. The molecule has 1 N–H and O–H groups in total. The lowest BCUT2D eigenvalue weighted by Crippen LogP contribution is -2.41. The van der Waals surface area contributed by atoms with Gasteiger partial charge in [0.1, 0.15) is 17.6 Å². The summed E-state index contributed by atoms with van der Waals surface area (Å²) in [6.45, 7) is 0.560. The molecule has 1 aliphatic rings. The number of aryl methyl sites for hydroxylation is 1. The van der Waals surface area contributed by atoms with E-state index in [1.165, 1.54) is 11.6 Å². The van der Waals surface area contributed by atoms with Crippen LogP contribution in [0, 0.1) is 5.82 Å². The van der Waals surface area contributed by atoms with E-state index in [2.05, 4.69) is 11.1 Å². The highest BCUT2D eigenvalue weighted by Gasteiger charge is 2.35. The lowest BCUT2D eigenvalue weighted by molar-refractivity contribution is -0.133. The Bertz CT molecular complexity index is 1160. The van der Waals surface area contributed by atoms with Crippen LogP contribution < -0.4 is 0 Å². The Balaban J connectivity index is 1.56. The van der Waals surface area contributed by atoms with E-state index < -0.39 is 6.04 Å². The van der Waals surface area contributed by atoms with Gasteiger partial charge in [-0.2, -0.15) is 0 Å². The molecule has 2 aromatic carbocycles. The number of hydrogen-bond donors (Lipinski definition) is 1. The van der Waals surface area contributed by atoms with Gasteiger partial charge in [-0.05, 0) is 36.2 Å². The minimum Gasteiger partial charge on any atom is -0.469 e. The highest BCUT2D eigenvalue weighted by atomic mass is 19.1. The van der Waals surface area contributed by atoms with E-state index >= 15 is 0 Å². The fraction of sp³-hybridized carbons (Fsp3) is 0.208. The molecule has 4 aromatic rings. The summed E-state index contributed by atoms with van der Waals surface area (Å²) >= 11 is 0. The largest absolute Gasteiger partial charge is 0.469 e. The van der Waals surface area contributed by atoms with Crippen LogP contribution >= 0.6 is 0 Å². The van der Waals surface area contributed by atoms with E-state index in [4.69, 9.17) is 4.42 Å². The molecule has 0 saturated carbocycles. The van der Waals surface area contributed by atoms with E-state index in [1.54, 1.807) is 23.3 Å². The number of benzene rings is 2. The first-order chi connectivity index (χ1) is 14.2. The molecule has 5 rings (SSSR count). The molecule has 3 heterocycles. The van der Waals surface area contributed by atoms with Gasteiger partial charge in [0, 0.05) is 41.5 Å². The zero-order valence-corrected chi connectivity index (χ0v) is 15.9. The van der Waals surface area contributed by atoms with Gasteiger partial charge in [-0.1, -0.05) is 36.4 Å². The Morgan fingerprint density at radius 1 is 1.10 bits per heavy atom. The highest BCUT2D eigenvalue weighted by Crippen LogP contribution is 2.39. The van der Waals surface area contributed by atoms with Gasteiger partial charge in [0.25, 0.3) is 0 Å². The fourth-order valence-corrected chi connectivity index (χ4v) is 4.36. The topological polar surface area (TPSA) is 49.2 Å². The normalized spacial score (nSPS) is 16.2. The predicted molar refractivity (Wildman–Crippen MR) is 109 cm³/mol. The van der Waals surface area contributed by atoms with Crippen LogP contribution in [0.15, 0.2) is 71.3 Å². The van der Waals surface area contributed by atoms with Crippen molar-refractivity contribution in [3.63, 3.8) is 0 Å². The number of halogens is 1. The van der Waals surface area contributed by atoms with Crippen LogP contribution in [0.3, 0.4) is 0 Å². The van der Waals surface area contributed by atoms with Gasteiger partial charge < -0.3 is 14.3 Å². The SMILES string of the molecule is O=C(CCc1ccco1)N1CCc2c([nH]c3ccccc23)[C@H]1c1ccccc1F. The summed E-state index contributed by atoms with van der Waals surface area (Å²) in [5.74, 6) is 0.482. The molecule has 1 atom stereocenters. The molecular weight excluding hydrogens is 367 g/mol. The summed E-state index contributed by atoms with van der Waals surface area (Å²) < 4.78 is 20.2. The molecule has 146 valence electrons. The summed E-state index contributed by atoms with van der Waals surface area (Å²) in [5, 5.41) is 1.14. The third-order valence-corrected chi connectivity index (χ3v) is 5.72. The van der Waals surface area contributed by atoms with Crippen LogP contribution in [0.4, 0.5) is 4.39 Å². The third kappa shape index (κ3) is 3.12. The lowest BCUT2D eigenvalue weighted by atomic mass is 9.91. The number of carbonyl (C=O) groups is 1. The van der Waals surface area contributed by atoms with Gasteiger partial charge in [0.05, 0.1) is 6.26 Å². The Kier molecular flexibility index (Phi) is 4.43. The second kappa shape index (κ2) is 7.24. The third-order valence-electron chi connectivity index (χ3n) is 5.72. The van der Waals surface area contributed by atoms with Gasteiger partial charge in [0.15, 0.2) is 0 Å². The molecule has 0 fully saturated rings. The molecule has 0 unspecified atom stereocenters. The first kappa shape index (κ1) is 17.7. The van der Waals surface area contributed by atoms with Gasteiger partial charge in [-0.3, -0.25) is 4.79 Å². The molecule has 1 amide bonds. The van der Waals surface area contributed by atoms with E-state index in [1.807, 2.05) is 36.4 Å². The van der Waals surface area contributed by atoms with Crippen LogP contribution in [0.25, 0.3) is 10.9 Å². The van der Waals surface area contributed by atoms with Crippen LogP contribution in [0.5, 0.6) is 0 Å². The van der Waals surface area contributed by atoms with E-state index in [0.717, 1.165) is 28.8 Å². The molecule has 5 heteroatoms. The van der Waals surface area contributed by atoms with Crippen LogP contribution in [-0.4, -0.2) is 22.3 Å². The van der Waals surface area contributed by atoms with Crippen molar-refractivity contribution in [3.8, 4) is 0 Å². The Morgan fingerprint density at radius 2 is 1.93 bits per heavy atom. The smallest absolute Gasteiger partial charge is 0.223 e. The standard InChI is InChI=1S/C24H21FN2O2/c25-20-9-3-1-8-19(20)24-23-18(17-7-2-4-10-21(17)26-23)13-14-27(24)22(28)12-11-16-6-5-15-29-16/h1-10,15,24,26H,11-14H2/t24-/m1/s1.